The van der Waals surface area contributed by atoms with Gasteiger partial charge in [-0.15, -0.1) is 0 Å². The van der Waals surface area contributed by atoms with Crippen molar-refractivity contribution in [2.45, 2.75) is 19.4 Å². The molecule has 0 spiro atoms. The zero-order chi connectivity index (χ0) is 20.3. The van der Waals surface area contributed by atoms with Crippen LogP contribution in [0.2, 0.25) is 0 Å². The molecule has 1 aromatic carbocycles. The summed E-state index contributed by atoms with van der Waals surface area (Å²) in [6, 6.07) is 9.47. The van der Waals surface area contributed by atoms with E-state index in [1.54, 1.807) is 11.9 Å². The first-order valence-electron chi connectivity index (χ1n) is 9.09. The molecule has 0 radical (unpaired) electrons. The Hall–Kier alpha value is -2.30. The number of nitrogens with zero attached hydrogens (tertiary/aromatic N) is 5. The van der Waals surface area contributed by atoms with Crippen molar-refractivity contribution in [1.82, 2.24) is 23.7 Å². The van der Waals surface area contributed by atoms with Crippen molar-refractivity contribution in [3.05, 3.63) is 36.2 Å². The van der Waals surface area contributed by atoms with E-state index < -0.39 is 10.2 Å². The van der Waals surface area contributed by atoms with Gasteiger partial charge in [-0.25, -0.2) is 0 Å². The summed E-state index contributed by atoms with van der Waals surface area (Å²) < 4.78 is 32.3. The molecular weight excluding hydrogens is 382 g/mol. The highest BCUT2D eigenvalue weighted by atomic mass is 32.2. The summed E-state index contributed by atoms with van der Waals surface area (Å²) in [5, 5.41) is 3.96. The number of rotatable bonds is 6. The standard InChI is InChI=1S/C18H25N5O4S/c1-21(2)28(25,26)23-11-9-15(10-12-23)18(24)22(3)13-16-19-17(20-27-16)14-7-5-4-6-8-14/h4-8,15H,9-13H2,1-3H3. The second kappa shape index (κ2) is 8.38. The predicted octanol–water partition coefficient (Wildman–Crippen LogP) is 1.21. The largest absolute Gasteiger partial charge is 0.337 e. The van der Waals surface area contributed by atoms with Gasteiger partial charge in [0.15, 0.2) is 0 Å². The normalized spacial score (nSPS) is 16.4. The average molecular weight is 407 g/mol. The van der Waals surface area contributed by atoms with Gasteiger partial charge in [-0.05, 0) is 12.8 Å². The fraction of sp³-hybridized carbons (Fsp3) is 0.500. The first-order valence-corrected chi connectivity index (χ1v) is 10.5. The molecular formula is C18H25N5O4S. The highest BCUT2D eigenvalue weighted by molar-refractivity contribution is 7.86. The van der Waals surface area contributed by atoms with Crippen LogP contribution in [0.4, 0.5) is 0 Å². The Labute approximate surface area is 165 Å². The van der Waals surface area contributed by atoms with Gasteiger partial charge >= 0.3 is 0 Å². The van der Waals surface area contributed by atoms with Crippen LogP contribution in [0.15, 0.2) is 34.9 Å². The van der Waals surface area contributed by atoms with E-state index in [9.17, 15) is 13.2 Å². The molecule has 3 rings (SSSR count). The van der Waals surface area contributed by atoms with Crippen LogP contribution in [0.25, 0.3) is 11.4 Å². The summed E-state index contributed by atoms with van der Waals surface area (Å²) in [5.41, 5.74) is 0.848. The van der Waals surface area contributed by atoms with Crippen LogP contribution in [0.3, 0.4) is 0 Å². The first kappa shape index (κ1) is 20.4. The highest BCUT2D eigenvalue weighted by Gasteiger charge is 2.33. The number of hydrogen-bond acceptors (Lipinski definition) is 6. The van der Waals surface area contributed by atoms with E-state index in [2.05, 4.69) is 10.1 Å². The number of benzene rings is 1. The third kappa shape index (κ3) is 4.40. The average Bonchev–Trinajstić information content (AvgIpc) is 3.16. The Balaban J connectivity index is 1.57. The Kier molecular flexibility index (Phi) is 6.11. The van der Waals surface area contributed by atoms with Gasteiger partial charge in [0, 0.05) is 45.7 Å². The van der Waals surface area contributed by atoms with E-state index in [1.807, 2.05) is 30.3 Å². The molecule has 0 unspecified atom stereocenters. The zero-order valence-corrected chi connectivity index (χ0v) is 17.1. The lowest BCUT2D eigenvalue weighted by molar-refractivity contribution is -0.136. The van der Waals surface area contributed by atoms with Crippen LogP contribution in [0.5, 0.6) is 0 Å². The van der Waals surface area contributed by atoms with Gasteiger partial charge < -0.3 is 9.42 Å². The van der Waals surface area contributed by atoms with Gasteiger partial charge in [0.25, 0.3) is 10.2 Å². The molecule has 1 aliphatic rings. The van der Waals surface area contributed by atoms with Crippen LogP contribution in [0.1, 0.15) is 18.7 Å². The van der Waals surface area contributed by atoms with Crippen LogP contribution in [-0.2, 0) is 21.5 Å². The van der Waals surface area contributed by atoms with E-state index in [1.165, 1.54) is 22.7 Å². The maximum Gasteiger partial charge on any atom is 0.281 e. The van der Waals surface area contributed by atoms with Gasteiger partial charge in [0.2, 0.25) is 17.6 Å². The van der Waals surface area contributed by atoms with Crippen molar-refractivity contribution in [1.29, 1.82) is 0 Å². The Morgan fingerprint density at radius 1 is 1.18 bits per heavy atom. The molecule has 2 heterocycles. The van der Waals surface area contributed by atoms with Crippen molar-refractivity contribution < 1.29 is 17.7 Å². The molecule has 10 heteroatoms. The second-order valence-corrected chi connectivity index (χ2v) is 9.18. The molecule has 1 fully saturated rings. The minimum atomic E-state index is -3.43. The van der Waals surface area contributed by atoms with E-state index in [-0.39, 0.29) is 18.4 Å². The monoisotopic (exact) mass is 407 g/mol. The summed E-state index contributed by atoms with van der Waals surface area (Å²) >= 11 is 0. The molecule has 1 aromatic heterocycles. The summed E-state index contributed by atoms with van der Waals surface area (Å²) in [7, 11) is 1.28. The minimum Gasteiger partial charge on any atom is -0.337 e. The quantitative estimate of drug-likeness (QED) is 0.714. The van der Waals surface area contributed by atoms with Gasteiger partial charge in [0.05, 0.1) is 6.54 Å². The molecule has 152 valence electrons. The third-order valence-corrected chi connectivity index (χ3v) is 6.78. The third-order valence-electron chi connectivity index (χ3n) is 4.84. The van der Waals surface area contributed by atoms with Gasteiger partial charge in [-0.1, -0.05) is 35.5 Å². The minimum absolute atomic E-state index is 0.0404. The molecule has 1 amide bonds. The molecule has 1 saturated heterocycles. The molecule has 0 aliphatic carbocycles. The summed E-state index contributed by atoms with van der Waals surface area (Å²) in [4.78, 5) is 18.6. The van der Waals surface area contributed by atoms with Crippen molar-refractivity contribution in [3.8, 4) is 11.4 Å². The maximum absolute atomic E-state index is 12.7. The smallest absolute Gasteiger partial charge is 0.281 e. The van der Waals surface area contributed by atoms with Crippen LogP contribution >= 0.6 is 0 Å². The first-order chi connectivity index (χ1) is 13.3. The second-order valence-electron chi connectivity index (χ2n) is 7.04. The number of amides is 1. The fourth-order valence-corrected chi connectivity index (χ4v) is 4.31. The fourth-order valence-electron chi connectivity index (χ4n) is 3.18. The van der Waals surface area contributed by atoms with E-state index in [4.69, 9.17) is 4.52 Å². The summed E-state index contributed by atoms with van der Waals surface area (Å²) in [6.07, 6.45) is 0.991. The van der Waals surface area contributed by atoms with Crippen LogP contribution < -0.4 is 0 Å². The Bertz CT molecular complexity index is 905. The number of hydrogen-bond donors (Lipinski definition) is 0. The summed E-state index contributed by atoms with van der Waals surface area (Å²) in [6.45, 7) is 0.891. The van der Waals surface area contributed by atoms with Crippen LogP contribution in [0, 0.1) is 5.92 Å². The van der Waals surface area contributed by atoms with E-state index >= 15 is 0 Å². The SMILES string of the molecule is CN(Cc1nc(-c2ccccc2)no1)C(=O)C1CCN(S(=O)(=O)N(C)C)CC1. The lowest BCUT2D eigenvalue weighted by atomic mass is 9.97. The van der Waals surface area contributed by atoms with Gasteiger partial charge in [-0.3, -0.25) is 4.79 Å². The molecule has 0 atom stereocenters. The Morgan fingerprint density at radius 3 is 2.43 bits per heavy atom. The number of aromatic nitrogens is 2. The highest BCUT2D eigenvalue weighted by Crippen LogP contribution is 2.23. The topological polar surface area (TPSA) is 99.9 Å². The summed E-state index contributed by atoms with van der Waals surface area (Å²) in [5.74, 6) is 0.595. The van der Waals surface area contributed by atoms with E-state index in [0.29, 0.717) is 37.6 Å². The van der Waals surface area contributed by atoms with Crippen molar-refractivity contribution in [2.75, 3.05) is 34.2 Å². The Morgan fingerprint density at radius 2 is 1.82 bits per heavy atom. The number of carbonyl (C=O) groups is 1. The number of carbonyl (C=O) groups excluding carboxylic acids is 1. The van der Waals surface area contributed by atoms with Crippen LogP contribution in [-0.4, -0.2) is 72.2 Å². The van der Waals surface area contributed by atoms with Crippen molar-refractivity contribution in [3.63, 3.8) is 0 Å². The predicted molar refractivity (Wildman–Crippen MR) is 103 cm³/mol. The lowest BCUT2D eigenvalue weighted by Crippen LogP contribution is -2.47. The van der Waals surface area contributed by atoms with E-state index in [0.717, 1.165) is 5.56 Å². The molecule has 0 saturated carbocycles. The molecule has 28 heavy (non-hydrogen) atoms. The van der Waals surface area contributed by atoms with Crippen molar-refractivity contribution in [2.24, 2.45) is 5.92 Å². The maximum atomic E-state index is 12.7. The van der Waals surface area contributed by atoms with Gasteiger partial charge in [0.1, 0.15) is 0 Å². The van der Waals surface area contributed by atoms with Gasteiger partial charge in [-0.2, -0.15) is 22.0 Å². The molecule has 2 aromatic rings. The molecule has 1 aliphatic heterocycles. The molecule has 9 nitrogen and oxygen atoms in total. The zero-order valence-electron chi connectivity index (χ0n) is 16.3. The van der Waals surface area contributed by atoms with Crippen molar-refractivity contribution >= 4 is 16.1 Å². The molecule has 0 bridgehead atoms. The molecule has 0 N–H and O–H groups in total. The lowest BCUT2D eigenvalue weighted by Gasteiger charge is -2.33. The number of piperidine rings is 1.